The Morgan fingerprint density at radius 3 is 2.08 bits per heavy atom. The maximum absolute atomic E-state index is 11.4. The SMILES string of the molecule is C=CC1(C)CC(C)(C)OS1(=O)=O. The fraction of sp³-hybridized carbons (Fsp3) is 0.750. The van der Waals surface area contributed by atoms with Gasteiger partial charge in [0.05, 0.1) is 5.60 Å². The van der Waals surface area contributed by atoms with Crippen LogP contribution in [-0.4, -0.2) is 18.8 Å². The van der Waals surface area contributed by atoms with E-state index in [2.05, 4.69) is 6.58 Å². The molecule has 0 radical (unpaired) electrons. The molecular weight excluding hydrogens is 176 g/mol. The van der Waals surface area contributed by atoms with Crippen LogP contribution in [0.4, 0.5) is 0 Å². The number of hydrogen-bond donors (Lipinski definition) is 0. The van der Waals surface area contributed by atoms with Gasteiger partial charge in [0.2, 0.25) is 0 Å². The largest absolute Gasteiger partial charge is 0.277 e. The first-order valence-electron chi connectivity index (χ1n) is 3.81. The van der Waals surface area contributed by atoms with Crippen molar-refractivity contribution in [1.82, 2.24) is 0 Å². The molecule has 0 bridgehead atoms. The van der Waals surface area contributed by atoms with Crippen LogP contribution >= 0.6 is 0 Å². The molecule has 1 unspecified atom stereocenters. The van der Waals surface area contributed by atoms with E-state index in [0.717, 1.165) is 0 Å². The van der Waals surface area contributed by atoms with Crippen molar-refractivity contribution >= 4 is 10.1 Å². The molecule has 1 saturated heterocycles. The monoisotopic (exact) mass is 190 g/mol. The molecule has 1 heterocycles. The highest BCUT2D eigenvalue weighted by Crippen LogP contribution is 2.41. The second kappa shape index (κ2) is 2.33. The average molecular weight is 190 g/mol. The third-order valence-electron chi connectivity index (χ3n) is 2.11. The van der Waals surface area contributed by atoms with Crippen LogP contribution in [0.1, 0.15) is 27.2 Å². The van der Waals surface area contributed by atoms with Crippen LogP contribution < -0.4 is 0 Å². The van der Waals surface area contributed by atoms with Gasteiger partial charge in [-0.05, 0) is 20.8 Å². The van der Waals surface area contributed by atoms with Crippen LogP contribution in [0.25, 0.3) is 0 Å². The smallest absolute Gasteiger partial charge is 0.263 e. The summed E-state index contributed by atoms with van der Waals surface area (Å²) in [5.74, 6) is 0. The van der Waals surface area contributed by atoms with Gasteiger partial charge in [-0.15, -0.1) is 6.58 Å². The number of rotatable bonds is 1. The predicted octanol–water partition coefficient (Wildman–Crippen LogP) is 1.46. The molecule has 0 saturated carbocycles. The summed E-state index contributed by atoms with van der Waals surface area (Å²) >= 11 is 0. The second-order valence-corrected chi connectivity index (χ2v) is 6.00. The van der Waals surface area contributed by atoms with E-state index in [1.54, 1.807) is 20.8 Å². The Bertz CT molecular complexity index is 302. The van der Waals surface area contributed by atoms with Crippen LogP contribution in [0.15, 0.2) is 12.7 Å². The van der Waals surface area contributed by atoms with Crippen molar-refractivity contribution in [3.8, 4) is 0 Å². The van der Waals surface area contributed by atoms with E-state index in [4.69, 9.17) is 4.18 Å². The molecule has 0 aliphatic carbocycles. The lowest BCUT2D eigenvalue weighted by atomic mass is 9.95. The standard InChI is InChI=1S/C8H14O3S/c1-5-8(4)6-7(2,3)11-12(8,9)10/h5H,1,6H2,2-4H3. The molecule has 1 aliphatic rings. The highest BCUT2D eigenvalue weighted by Gasteiger charge is 2.51. The number of hydrogen-bond acceptors (Lipinski definition) is 3. The first kappa shape index (κ1) is 9.74. The first-order valence-corrected chi connectivity index (χ1v) is 5.22. The summed E-state index contributed by atoms with van der Waals surface area (Å²) in [5.41, 5.74) is -0.595. The van der Waals surface area contributed by atoms with E-state index in [1.807, 2.05) is 0 Å². The Balaban J connectivity index is 3.18. The maximum Gasteiger partial charge on any atom is 0.277 e. The quantitative estimate of drug-likeness (QED) is 0.464. The summed E-state index contributed by atoms with van der Waals surface area (Å²) in [7, 11) is -3.46. The molecule has 1 atom stereocenters. The molecule has 1 aliphatic heterocycles. The van der Waals surface area contributed by atoms with Crippen molar-refractivity contribution in [1.29, 1.82) is 0 Å². The molecule has 1 fully saturated rings. The van der Waals surface area contributed by atoms with E-state index in [0.29, 0.717) is 6.42 Å². The molecule has 70 valence electrons. The minimum Gasteiger partial charge on any atom is -0.263 e. The van der Waals surface area contributed by atoms with Crippen molar-refractivity contribution < 1.29 is 12.6 Å². The van der Waals surface area contributed by atoms with E-state index >= 15 is 0 Å². The molecular formula is C8H14O3S. The summed E-state index contributed by atoms with van der Waals surface area (Å²) in [4.78, 5) is 0. The highest BCUT2D eigenvalue weighted by molar-refractivity contribution is 7.88. The van der Waals surface area contributed by atoms with Crippen molar-refractivity contribution in [3.63, 3.8) is 0 Å². The molecule has 1 rings (SSSR count). The summed E-state index contributed by atoms with van der Waals surface area (Å²) in [6.45, 7) is 8.67. The Kier molecular flexibility index (Phi) is 1.89. The van der Waals surface area contributed by atoms with Gasteiger partial charge in [0.1, 0.15) is 4.75 Å². The normalized spacial score (nSPS) is 37.9. The molecule has 4 heteroatoms. The molecule has 0 spiro atoms. The van der Waals surface area contributed by atoms with Gasteiger partial charge >= 0.3 is 0 Å². The minimum absolute atomic E-state index is 0.464. The van der Waals surface area contributed by atoms with Crippen LogP contribution in [0.5, 0.6) is 0 Å². The first-order chi connectivity index (χ1) is 5.22. The average Bonchev–Trinajstić information content (AvgIpc) is 1.98. The third kappa shape index (κ3) is 1.29. The molecule has 0 aromatic carbocycles. The van der Waals surface area contributed by atoms with Gasteiger partial charge in [-0.2, -0.15) is 8.42 Å². The van der Waals surface area contributed by atoms with Gasteiger partial charge in [0, 0.05) is 6.42 Å². The van der Waals surface area contributed by atoms with Crippen LogP contribution in [0.2, 0.25) is 0 Å². The van der Waals surface area contributed by atoms with Crippen molar-refractivity contribution in [3.05, 3.63) is 12.7 Å². The zero-order chi connectivity index (χ0) is 9.62. The van der Waals surface area contributed by atoms with Gasteiger partial charge in [0.15, 0.2) is 0 Å². The predicted molar refractivity (Wildman–Crippen MR) is 47.3 cm³/mol. The topological polar surface area (TPSA) is 43.4 Å². The summed E-state index contributed by atoms with van der Waals surface area (Å²) in [6.07, 6.45) is 1.91. The van der Waals surface area contributed by atoms with Gasteiger partial charge < -0.3 is 0 Å². The summed E-state index contributed by atoms with van der Waals surface area (Å²) in [5, 5.41) is 0. The molecule has 0 amide bonds. The highest BCUT2D eigenvalue weighted by atomic mass is 32.2. The van der Waals surface area contributed by atoms with Gasteiger partial charge in [-0.3, -0.25) is 4.18 Å². The Morgan fingerprint density at radius 1 is 1.42 bits per heavy atom. The van der Waals surface area contributed by atoms with E-state index in [-0.39, 0.29) is 0 Å². The van der Waals surface area contributed by atoms with Gasteiger partial charge in [-0.25, -0.2) is 0 Å². The molecule has 0 N–H and O–H groups in total. The second-order valence-electron chi connectivity index (χ2n) is 3.99. The zero-order valence-corrected chi connectivity index (χ0v) is 8.44. The lowest BCUT2D eigenvalue weighted by Crippen LogP contribution is -2.27. The summed E-state index contributed by atoms with van der Waals surface area (Å²) in [6, 6.07) is 0. The van der Waals surface area contributed by atoms with Crippen molar-refractivity contribution in [2.75, 3.05) is 0 Å². The lowest BCUT2D eigenvalue weighted by Gasteiger charge is -2.15. The lowest BCUT2D eigenvalue weighted by molar-refractivity contribution is 0.138. The van der Waals surface area contributed by atoms with Crippen LogP contribution in [0, 0.1) is 0 Å². The van der Waals surface area contributed by atoms with Crippen molar-refractivity contribution in [2.24, 2.45) is 0 Å². The fourth-order valence-electron chi connectivity index (χ4n) is 1.53. The Labute approximate surface area is 73.5 Å². The Morgan fingerprint density at radius 2 is 1.92 bits per heavy atom. The Hall–Kier alpha value is -0.350. The molecule has 12 heavy (non-hydrogen) atoms. The van der Waals surface area contributed by atoms with E-state index in [9.17, 15) is 8.42 Å². The maximum atomic E-state index is 11.4. The van der Waals surface area contributed by atoms with E-state index < -0.39 is 20.5 Å². The molecule has 0 aromatic heterocycles. The summed E-state index contributed by atoms with van der Waals surface area (Å²) < 4.78 is 26.9. The van der Waals surface area contributed by atoms with Crippen LogP contribution in [-0.2, 0) is 14.3 Å². The molecule has 0 aromatic rings. The van der Waals surface area contributed by atoms with Gasteiger partial charge in [0.25, 0.3) is 10.1 Å². The zero-order valence-electron chi connectivity index (χ0n) is 7.62. The van der Waals surface area contributed by atoms with Crippen molar-refractivity contribution in [2.45, 2.75) is 37.5 Å². The van der Waals surface area contributed by atoms with E-state index in [1.165, 1.54) is 6.08 Å². The van der Waals surface area contributed by atoms with Gasteiger partial charge in [-0.1, -0.05) is 6.08 Å². The third-order valence-corrected chi connectivity index (χ3v) is 4.24. The van der Waals surface area contributed by atoms with Crippen LogP contribution in [0.3, 0.4) is 0 Å². The fourth-order valence-corrected chi connectivity index (χ4v) is 3.10. The molecule has 3 nitrogen and oxygen atoms in total. The minimum atomic E-state index is -3.46.